The minimum atomic E-state index is -0.632. The molecule has 0 bridgehead atoms. The Bertz CT molecular complexity index is 1330. The van der Waals surface area contributed by atoms with E-state index in [1.807, 2.05) is 47.6 Å². The standard InChI is InChI=1S/C36H55N5O3S/c1-11-15-25(6)41-33(26(7)24(5)13-3)35(43)37-34(38-41)30-23-29(17-18-31(30)44-14-4)39-21-19-28(20-22-39)40(27(8)45)36(9,10)32(42)16-12-2/h17-18,23-24,28H,6,11-16,19-22H2,1-5,7-10H3,(H,37,38,43)/b33-26-. The summed E-state index contributed by atoms with van der Waals surface area (Å²) in [6.07, 6.45) is 5.70. The van der Waals surface area contributed by atoms with Gasteiger partial charge in [-0.05, 0) is 96.4 Å². The molecule has 2 aliphatic heterocycles. The lowest BCUT2D eigenvalue weighted by atomic mass is 9.89. The minimum absolute atomic E-state index is 0.181. The summed E-state index contributed by atoms with van der Waals surface area (Å²) in [5.41, 5.74) is 3.48. The van der Waals surface area contributed by atoms with E-state index in [-0.39, 0.29) is 23.7 Å². The summed E-state index contributed by atoms with van der Waals surface area (Å²) in [5, 5.41) is 9.83. The Hall–Kier alpha value is -3.20. The number of rotatable bonds is 14. The molecule has 1 aromatic rings. The maximum atomic E-state index is 13.7. The van der Waals surface area contributed by atoms with E-state index in [2.05, 4.69) is 54.6 Å². The zero-order valence-corrected chi connectivity index (χ0v) is 29.9. The largest absolute Gasteiger partial charge is 0.493 e. The average Bonchev–Trinajstić information content (AvgIpc) is 3.00. The van der Waals surface area contributed by atoms with Crippen LogP contribution in [0, 0.1) is 5.92 Å². The molecule has 0 spiro atoms. The molecule has 1 aromatic carbocycles. The number of nitrogens with one attached hydrogen (secondary N) is 1. The van der Waals surface area contributed by atoms with E-state index in [0.717, 1.165) is 79.1 Å². The van der Waals surface area contributed by atoms with Gasteiger partial charge in [0.05, 0.1) is 22.7 Å². The van der Waals surface area contributed by atoms with Crippen LogP contribution in [-0.2, 0) is 9.59 Å². The van der Waals surface area contributed by atoms with Crippen LogP contribution >= 0.6 is 12.2 Å². The molecule has 2 aliphatic rings. The fraction of sp³-hybridized carbons (Fsp3) is 0.611. The molecule has 1 amide bonds. The number of allylic oxidation sites excluding steroid dienone is 2. The van der Waals surface area contributed by atoms with Crippen LogP contribution in [0.3, 0.4) is 0 Å². The molecule has 1 saturated heterocycles. The van der Waals surface area contributed by atoms with Crippen LogP contribution in [0.25, 0.3) is 0 Å². The van der Waals surface area contributed by atoms with Gasteiger partial charge < -0.3 is 19.9 Å². The Morgan fingerprint density at radius 1 is 1.16 bits per heavy atom. The maximum absolute atomic E-state index is 13.7. The molecule has 3 rings (SSSR count). The third-order valence-corrected chi connectivity index (χ3v) is 9.43. The van der Waals surface area contributed by atoms with E-state index in [0.29, 0.717) is 30.3 Å². The molecular formula is C36H55N5O3S. The lowest BCUT2D eigenvalue weighted by Gasteiger charge is -2.47. The Kier molecular flexibility index (Phi) is 12.8. The van der Waals surface area contributed by atoms with Gasteiger partial charge in [0, 0.05) is 36.9 Å². The Morgan fingerprint density at radius 3 is 2.36 bits per heavy atom. The topological polar surface area (TPSA) is 77.5 Å². The Labute approximate surface area is 276 Å². The number of amides is 1. The monoisotopic (exact) mass is 637 g/mol. The number of anilines is 1. The van der Waals surface area contributed by atoms with Gasteiger partial charge in [-0.15, -0.1) is 5.10 Å². The second-order valence-corrected chi connectivity index (χ2v) is 13.4. The van der Waals surface area contributed by atoms with Crippen molar-refractivity contribution < 1.29 is 14.3 Å². The Balaban J connectivity index is 1.97. The second-order valence-electron chi connectivity index (χ2n) is 12.8. The van der Waals surface area contributed by atoms with Gasteiger partial charge >= 0.3 is 0 Å². The van der Waals surface area contributed by atoms with E-state index in [4.69, 9.17) is 22.1 Å². The van der Waals surface area contributed by atoms with Gasteiger partial charge in [-0.1, -0.05) is 52.9 Å². The van der Waals surface area contributed by atoms with Crippen molar-refractivity contribution in [1.82, 2.24) is 15.2 Å². The molecule has 0 saturated carbocycles. The SMILES string of the molecule is C=C(CCC)N1N=C(c2cc(N3CCC(N(C(C)=S)C(C)(C)C(=O)CCC)CC3)ccc2OCC)NC(=O)/C1=C(\C)C(C)CC. The first-order valence-corrected chi connectivity index (χ1v) is 17.2. The van der Waals surface area contributed by atoms with E-state index >= 15 is 0 Å². The van der Waals surface area contributed by atoms with Crippen LogP contribution < -0.4 is 15.0 Å². The van der Waals surface area contributed by atoms with Crippen molar-refractivity contribution >= 4 is 40.4 Å². The van der Waals surface area contributed by atoms with Crippen LogP contribution in [0.4, 0.5) is 5.69 Å². The summed E-state index contributed by atoms with van der Waals surface area (Å²) >= 11 is 5.68. The number of benzene rings is 1. The van der Waals surface area contributed by atoms with Crippen LogP contribution in [0.5, 0.6) is 5.75 Å². The number of nitrogens with zero attached hydrogens (tertiary/aromatic N) is 4. The molecule has 1 fully saturated rings. The van der Waals surface area contributed by atoms with Crippen molar-refractivity contribution in [2.24, 2.45) is 11.0 Å². The van der Waals surface area contributed by atoms with Crippen LogP contribution in [-0.4, -0.2) is 63.7 Å². The Morgan fingerprint density at radius 2 is 1.80 bits per heavy atom. The van der Waals surface area contributed by atoms with Crippen molar-refractivity contribution in [2.75, 3.05) is 24.6 Å². The number of ether oxygens (including phenoxy) is 1. The third-order valence-electron chi connectivity index (χ3n) is 9.24. The van der Waals surface area contributed by atoms with E-state index in [1.165, 1.54) is 0 Å². The van der Waals surface area contributed by atoms with Gasteiger partial charge in [0.1, 0.15) is 11.4 Å². The first kappa shape index (κ1) is 36.3. The first-order valence-electron chi connectivity index (χ1n) is 16.8. The van der Waals surface area contributed by atoms with E-state index in [9.17, 15) is 9.59 Å². The predicted molar refractivity (Wildman–Crippen MR) is 190 cm³/mol. The van der Waals surface area contributed by atoms with Gasteiger partial charge in [0.15, 0.2) is 11.6 Å². The first-order chi connectivity index (χ1) is 21.3. The van der Waals surface area contributed by atoms with Gasteiger partial charge in [0.2, 0.25) is 0 Å². The minimum Gasteiger partial charge on any atom is -0.493 e. The van der Waals surface area contributed by atoms with Gasteiger partial charge in [-0.25, -0.2) is 5.01 Å². The predicted octanol–water partition coefficient (Wildman–Crippen LogP) is 7.58. The molecule has 8 nitrogen and oxygen atoms in total. The molecule has 0 aliphatic carbocycles. The number of Topliss-reactive ketones (excluding diaryl/α,β-unsaturated/α-hetero) is 1. The molecule has 248 valence electrons. The molecule has 1 N–H and O–H groups in total. The van der Waals surface area contributed by atoms with Crippen molar-refractivity contribution in [2.45, 2.75) is 119 Å². The normalized spacial score (nSPS) is 17.8. The maximum Gasteiger partial charge on any atom is 0.275 e. The molecule has 2 heterocycles. The second kappa shape index (κ2) is 15.9. The molecule has 45 heavy (non-hydrogen) atoms. The summed E-state index contributed by atoms with van der Waals surface area (Å²) in [6, 6.07) is 6.30. The van der Waals surface area contributed by atoms with Crippen molar-refractivity contribution in [3.8, 4) is 5.75 Å². The highest BCUT2D eigenvalue weighted by atomic mass is 32.1. The number of carbonyl (C=O) groups is 2. The molecular weight excluding hydrogens is 582 g/mol. The van der Waals surface area contributed by atoms with Crippen LogP contribution in [0.1, 0.15) is 113 Å². The van der Waals surface area contributed by atoms with Gasteiger partial charge in [-0.2, -0.15) is 0 Å². The molecule has 1 atom stereocenters. The third kappa shape index (κ3) is 8.15. The van der Waals surface area contributed by atoms with Crippen LogP contribution in [0.15, 0.2) is 46.8 Å². The zero-order chi connectivity index (χ0) is 33.5. The average molecular weight is 638 g/mol. The highest BCUT2D eigenvalue weighted by Crippen LogP contribution is 2.34. The number of hydrogen-bond donors (Lipinski definition) is 1. The van der Waals surface area contributed by atoms with Crippen molar-refractivity contribution in [3.05, 3.63) is 47.3 Å². The summed E-state index contributed by atoms with van der Waals surface area (Å²) < 4.78 is 6.04. The zero-order valence-electron chi connectivity index (χ0n) is 29.1. The van der Waals surface area contributed by atoms with E-state index in [1.54, 1.807) is 5.01 Å². The number of hydrogen-bond acceptors (Lipinski definition) is 7. The van der Waals surface area contributed by atoms with Crippen molar-refractivity contribution in [1.29, 1.82) is 0 Å². The number of piperidine rings is 1. The van der Waals surface area contributed by atoms with Gasteiger partial charge in [-0.3, -0.25) is 9.59 Å². The number of hydrazone groups is 1. The number of amidine groups is 1. The molecule has 9 heteroatoms. The molecule has 0 radical (unpaired) electrons. The lowest BCUT2D eigenvalue weighted by Crippen LogP contribution is -2.58. The van der Waals surface area contributed by atoms with Crippen LogP contribution in [0.2, 0.25) is 0 Å². The number of ketones is 1. The fourth-order valence-electron chi connectivity index (χ4n) is 6.41. The highest BCUT2D eigenvalue weighted by Gasteiger charge is 2.39. The van der Waals surface area contributed by atoms with Crippen molar-refractivity contribution in [3.63, 3.8) is 0 Å². The fourth-order valence-corrected chi connectivity index (χ4v) is 6.78. The quantitative estimate of drug-likeness (QED) is 0.166. The number of thiocarbonyl (C=S) groups is 1. The summed E-state index contributed by atoms with van der Waals surface area (Å²) in [6.45, 7) is 24.7. The summed E-state index contributed by atoms with van der Waals surface area (Å²) in [7, 11) is 0. The summed E-state index contributed by atoms with van der Waals surface area (Å²) in [4.78, 5) is 32.1. The smallest absolute Gasteiger partial charge is 0.275 e. The van der Waals surface area contributed by atoms with Gasteiger partial charge in [0.25, 0.3) is 5.91 Å². The van der Waals surface area contributed by atoms with E-state index < -0.39 is 5.54 Å². The highest BCUT2D eigenvalue weighted by molar-refractivity contribution is 7.80. The summed E-state index contributed by atoms with van der Waals surface area (Å²) in [5.74, 6) is 1.41. The molecule has 0 aromatic heterocycles. The lowest BCUT2D eigenvalue weighted by molar-refractivity contribution is -0.128. The number of carbonyl (C=O) groups excluding carboxylic acids is 2. The molecule has 1 unspecified atom stereocenters.